The molecule has 100 valence electrons. The van der Waals surface area contributed by atoms with E-state index in [2.05, 4.69) is 25.6 Å². The van der Waals surface area contributed by atoms with Crippen LogP contribution in [0.25, 0.3) is 0 Å². The lowest BCUT2D eigenvalue weighted by Gasteiger charge is -2.08. The second kappa shape index (κ2) is 5.42. The molecule has 2 N–H and O–H groups in total. The molecule has 8 heteroatoms. The molecule has 19 heavy (non-hydrogen) atoms. The molecule has 0 unspecified atom stereocenters. The lowest BCUT2D eigenvalue weighted by molar-refractivity contribution is 0.379. The monoisotopic (exact) mass is 267 g/mol. The van der Waals surface area contributed by atoms with Crippen molar-refractivity contribution in [3.8, 4) is 6.01 Å². The largest absolute Gasteiger partial charge is 0.467 e. The number of ether oxygens (including phenoxy) is 1. The van der Waals surface area contributed by atoms with Gasteiger partial charge in [-0.05, 0) is 12.1 Å². The number of benzene rings is 1. The van der Waals surface area contributed by atoms with E-state index in [1.165, 1.54) is 19.2 Å². The average molecular weight is 267 g/mol. The maximum absolute atomic E-state index is 13.5. The molecule has 0 spiro atoms. The standard InChI is InChI=1S/C11H11F2N5O/c1-14-9-16-10(18-11(17-9)19-2)15-7-5-3-4-6(12)8(7)13/h3-5H,1-2H3,(H2,14,15,16,17,18). The fourth-order valence-corrected chi connectivity index (χ4v) is 1.34. The number of aromatic nitrogens is 3. The molecule has 0 aliphatic carbocycles. The topological polar surface area (TPSA) is 72.0 Å². The van der Waals surface area contributed by atoms with Crippen LogP contribution >= 0.6 is 0 Å². The number of hydrogen-bond acceptors (Lipinski definition) is 6. The van der Waals surface area contributed by atoms with Crippen molar-refractivity contribution in [2.75, 3.05) is 24.8 Å². The lowest BCUT2D eigenvalue weighted by Crippen LogP contribution is -2.06. The summed E-state index contributed by atoms with van der Waals surface area (Å²) in [5.74, 6) is -1.68. The van der Waals surface area contributed by atoms with Gasteiger partial charge in [-0.3, -0.25) is 0 Å². The second-order valence-corrected chi connectivity index (χ2v) is 3.45. The first-order chi connectivity index (χ1) is 9.13. The van der Waals surface area contributed by atoms with Gasteiger partial charge >= 0.3 is 6.01 Å². The molecule has 0 fully saturated rings. The first-order valence-electron chi connectivity index (χ1n) is 5.33. The minimum absolute atomic E-state index is 0.0423. The summed E-state index contributed by atoms with van der Waals surface area (Å²) in [6, 6.07) is 3.82. The van der Waals surface area contributed by atoms with Gasteiger partial charge in [-0.2, -0.15) is 15.0 Å². The zero-order valence-corrected chi connectivity index (χ0v) is 10.2. The minimum Gasteiger partial charge on any atom is -0.467 e. The average Bonchev–Trinajstić information content (AvgIpc) is 2.43. The van der Waals surface area contributed by atoms with Crippen LogP contribution in [-0.2, 0) is 0 Å². The Balaban J connectivity index is 2.34. The molecular formula is C11H11F2N5O. The molecule has 2 aromatic rings. The lowest BCUT2D eigenvalue weighted by atomic mass is 10.3. The number of anilines is 3. The summed E-state index contributed by atoms with van der Waals surface area (Å²) in [5, 5.41) is 5.27. The van der Waals surface area contributed by atoms with Crippen LogP contribution in [0.4, 0.5) is 26.4 Å². The Hall–Kier alpha value is -2.51. The smallest absolute Gasteiger partial charge is 0.322 e. The summed E-state index contributed by atoms with van der Waals surface area (Å²) < 4.78 is 31.4. The molecule has 1 aromatic carbocycles. The number of nitrogens with one attached hydrogen (secondary N) is 2. The Morgan fingerprint density at radius 2 is 1.84 bits per heavy atom. The number of nitrogens with zero attached hydrogens (tertiary/aromatic N) is 3. The molecule has 0 bridgehead atoms. The normalized spacial score (nSPS) is 10.1. The van der Waals surface area contributed by atoms with E-state index in [1.54, 1.807) is 7.05 Å². The van der Waals surface area contributed by atoms with Crippen molar-refractivity contribution in [3.63, 3.8) is 0 Å². The van der Waals surface area contributed by atoms with E-state index < -0.39 is 11.6 Å². The van der Waals surface area contributed by atoms with E-state index in [0.29, 0.717) is 0 Å². The predicted molar refractivity (Wildman–Crippen MR) is 65.6 cm³/mol. The summed E-state index contributed by atoms with van der Waals surface area (Å²) in [6.07, 6.45) is 0. The van der Waals surface area contributed by atoms with E-state index in [4.69, 9.17) is 4.74 Å². The zero-order chi connectivity index (χ0) is 13.8. The van der Waals surface area contributed by atoms with Gasteiger partial charge in [0.15, 0.2) is 11.6 Å². The highest BCUT2D eigenvalue weighted by Gasteiger charge is 2.11. The molecule has 0 saturated heterocycles. The van der Waals surface area contributed by atoms with Crippen LogP contribution < -0.4 is 15.4 Å². The highest BCUT2D eigenvalue weighted by Crippen LogP contribution is 2.21. The second-order valence-electron chi connectivity index (χ2n) is 3.45. The fourth-order valence-electron chi connectivity index (χ4n) is 1.34. The third kappa shape index (κ3) is 2.84. The van der Waals surface area contributed by atoms with Crippen molar-refractivity contribution in [2.24, 2.45) is 0 Å². The summed E-state index contributed by atoms with van der Waals surface area (Å²) >= 11 is 0. The molecule has 1 aromatic heterocycles. The van der Waals surface area contributed by atoms with Crippen LogP contribution in [0.2, 0.25) is 0 Å². The van der Waals surface area contributed by atoms with Crippen molar-refractivity contribution in [1.82, 2.24) is 15.0 Å². The SMILES string of the molecule is CNc1nc(Nc2cccc(F)c2F)nc(OC)n1. The molecule has 1 heterocycles. The quantitative estimate of drug-likeness (QED) is 0.882. The summed E-state index contributed by atoms with van der Waals surface area (Å²) in [5.41, 5.74) is -0.0738. The van der Waals surface area contributed by atoms with Crippen LogP contribution in [0.1, 0.15) is 0 Å². The highest BCUT2D eigenvalue weighted by molar-refractivity contribution is 5.55. The van der Waals surface area contributed by atoms with Gasteiger partial charge in [0.1, 0.15) is 0 Å². The van der Waals surface area contributed by atoms with Gasteiger partial charge < -0.3 is 15.4 Å². The summed E-state index contributed by atoms with van der Waals surface area (Å²) in [4.78, 5) is 11.7. The van der Waals surface area contributed by atoms with E-state index >= 15 is 0 Å². The highest BCUT2D eigenvalue weighted by atomic mass is 19.2. The minimum atomic E-state index is -1.01. The van der Waals surface area contributed by atoms with Gasteiger partial charge in [0.05, 0.1) is 12.8 Å². The molecule has 0 aliphatic heterocycles. The molecule has 2 rings (SSSR count). The maximum Gasteiger partial charge on any atom is 0.322 e. The van der Waals surface area contributed by atoms with E-state index in [-0.39, 0.29) is 23.6 Å². The predicted octanol–water partition coefficient (Wildman–Crippen LogP) is 1.94. The molecule has 0 radical (unpaired) electrons. The third-order valence-electron chi connectivity index (χ3n) is 2.22. The van der Waals surface area contributed by atoms with Gasteiger partial charge in [0, 0.05) is 7.05 Å². The Kier molecular flexibility index (Phi) is 3.69. The van der Waals surface area contributed by atoms with E-state index in [0.717, 1.165) is 6.07 Å². The summed E-state index contributed by atoms with van der Waals surface area (Å²) in [6.45, 7) is 0. The van der Waals surface area contributed by atoms with Crippen LogP contribution in [0.15, 0.2) is 18.2 Å². The number of rotatable bonds is 4. The van der Waals surface area contributed by atoms with Crippen molar-refractivity contribution in [3.05, 3.63) is 29.8 Å². The Morgan fingerprint density at radius 3 is 2.53 bits per heavy atom. The molecule has 0 saturated carbocycles. The van der Waals surface area contributed by atoms with Crippen LogP contribution in [0.3, 0.4) is 0 Å². The molecular weight excluding hydrogens is 256 g/mol. The number of methoxy groups -OCH3 is 1. The van der Waals surface area contributed by atoms with E-state index in [9.17, 15) is 8.78 Å². The number of halogens is 2. The Bertz CT molecular complexity index is 571. The van der Waals surface area contributed by atoms with Gasteiger partial charge in [-0.25, -0.2) is 8.78 Å². The van der Waals surface area contributed by atoms with Gasteiger partial charge in [0.2, 0.25) is 11.9 Å². The molecule has 0 amide bonds. The van der Waals surface area contributed by atoms with Gasteiger partial charge in [0.25, 0.3) is 0 Å². The first kappa shape index (κ1) is 12.9. The maximum atomic E-state index is 13.5. The fraction of sp³-hybridized carbons (Fsp3) is 0.182. The van der Waals surface area contributed by atoms with Gasteiger partial charge in [-0.15, -0.1) is 0 Å². The van der Waals surface area contributed by atoms with Crippen molar-refractivity contribution in [1.29, 1.82) is 0 Å². The van der Waals surface area contributed by atoms with Crippen LogP contribution in [0.5, 0.6) is 6.01 Å². The Labute approximate surface area is 107 Å². The third-order valence-corrected chi connectivity index (χ3v) is 2.22. The van der Waals surface area contributed by atoms with Crippen LogP contribution in [0, 0.1) is 11.6 Å². The van der Waals surface area contributed by atoms with E-state index in [1.807, 2.05) is 0 Å². The number of hydrogen-bond donors (Lipinski definition) is 2. The molecule has 0 atom stereocenters. The molecule has 6 nitrogen and oxygen atoms in total. The van der Waals surface area contributed by atoms with Crippen molar-refractivity contribution >= 4 is 17.6 Å². The summed E-state index contributed by atoms with van der Waals surface area (Å²) in [7, 11) is 3.00. The first-order valence-corrected chi connectivity index (χ1v) is 5.33. The molecule has 0 aliphatic rings. The van der Waals surface area contributed by atoms with Crippen molar-refractivity contribution < 1.29 is 13.5 Å². The van der Waals surface area contributed by atoms with Gasteiger partial charge in [-0.1, -0.05) is 6.07 Å². The Morgan fingerprint density at radius 1 is 1.11 bits per heavy atom. The van der Waals surface area contributed by atoms with Crippen molar-refractivity contribution in [2.45, 2.75) is 0 Å². The zero-order valence-electron chi connectivity index (χ0n) is 10.2. The van der Waals surface area contributed by atoms with Crippen LogP contribution in [-0.4, -0.2) is 29.1 Å².